The second kappa shape index (κ2) is 8.17. The quantitative estimate of drug-likeness (QED) is 0.720. The molecule has 6 heteroatoms. The molecule has 1 aromatic carbocycles. The fourth-order valence-electron chi connectivity index (χ4n) is 4.06. The maximum Gasteiger partial charge on any atom is 0.221 e. The first-order valence-electron chi connectivity index (χ1n) is 10.4. The van der Waals surface area contributed by atoms with E-state index in [1.54, 1.807) is 0 Å². The van der Waals surface area contributed by atoms with Crippen molar-refractivity contribution in [1.29, 1.82) is 0 Å². The number of hydrogen-bond donors (Lipinski definition) is 1. The molecule has 1 saturated heterocycles. The normalized spacial score (nSPS) is 16.5. The van der Waals surface area contributed by atoms with Crippen LogP contribution < -0.4 is 10.1 Å². The second-order valence-corrected chi connectivity index (χ2v) is 7.59. The number of amidine groups is 1. The Morgan fingerprint density at radius 3 is 2.86 bits per heavy atom. The first-order chi connectivity index (χ1) is 14.4. The minimum absolute atomic E-state index is 0.630. The number of rotatable bonds is 5. The van der Waals surface area contributed by atoms with Gasteiger partial charge >= 0.3 is 0 Å². The van der Waals surface area contributed by atoms with E-state index in [1.165, 1.54) is 32.4 Å². The average molecular weight is 387 g/mol. The van der Waals surface area contributed by atoms with E-state index >= 15 is 0 Å². The summed E-state index contributed by atoms with van der Waals surface area (Å²) in [5.74, 6) is 1.58. The lowest BCUT2D eigenvalue weighted by molar-refractivity contribution is 0.181. The molecule has 29 heavy (non-hydrogen) atoms. The number of nitrogens with one attached hydrogen (secondary N) is 1. The van der Waals surface area contributed by atoms with E-state index in [9.17, 15) is 0 Å². The highest BCUT2D eigenvalue weighted by molar-refractivity contribution is 6.11. The Morgan fingerprint density at radius 1 is 1.00 bits per heavy atom. The summed E-state index contributed by atoms with van der Waals surface area (Å²) in [5.41, 5.74) is 3.09. The van der Waals surface area contributed by atoms with Crippen LogP contribution in [-0.4, -0.2) is 46.9 Å². The van der Waals surface area contributed by atoms with Crippen LogP contribution in [0.25, 0.3) is 10.8 Å². The number of ether oxygens (including phenoxy) is 1. The van der Waals surface area contributed by atoms with Crippen LogP contribution in [-0.2, 0) is 6.54 Å². The monoisotopic (exact) mass is 387 g/mol. The summed E-state index contributed by atoms with van der Waals surface area (Å²) in [7, 11) is 0. The van der Waals surface area contributed by atoms with Gasteiger partial charge in [-0.3, -0.25) is 14.9 Å². The number of pyridine rings is 2. The van der Waals surface area contributed by atoms with Crippen molar-refractivity contribution >= 4 is 22.3 Å². The fraction of sp³-hybridized carbons (Fsp3) is 0.348. The van der Waals surface area contributed by atoms with Gasteiger partial charge in [-0.2, -0.15) is 0 Å². The molecule has 0 saturated carbocycles. The first-order valence-corrected chi connectivity index (χ1v) is 10.4. The van der Waals surface area contributed by atoms with Gasteiger partial charge in [-0.05, 0) is 67.7 Å². The molecule has 148 valence electrons. The number of piperidine rings is 1. The van der Waals surface area contributed by atoms with Crippen LogP contribution in [0, 0.1) is 0 Å². The highest BCUT2D eigenvalue weighted by Gasteiger charge is 2.16. The van der Waals surface area contributed by atoms with Crippen molar-refractivity contribution in [3.05, 3.63) is 60.0 Å². The van der Waals surface area contributed by atoms with E-state index in [2.05, 4.69) is 49.4 Å². The van der Waals surface area contributed by atoms with Crippen LogP contribution in [0.3, 0.4) is 0 Å². The Hall–Kier alpha value is -2.99. The van der Waals surface area contributed by atoms with Gasteiger partial charge in [-0.1, -0.05) is 6.42 Å². The molecule has 2 aromatic heterocycles. The Labute approximate surface area is 170 Å². The highest BCUT2D eigenvalue weighted by Crippen LogP contribution is 2.27. The third-order valence-electron chi connectivity index (χ3n) is 5.62. The number of anilines is 1. The summed E-state index contributed by atoms with van der Waals surface area (Å²) in [6.45, 7) is 4.64. The van der Waals surface area contributed by atoms with Gasteiger partial charge in [0.1, 0.15) is 12.4 Å². The minimum Gasteiger partial charge on any atom is -0.476 e. The third-order valence-corrected chi connectivity index (χ3v) is 5.62. The molecular weight excluding hydrogens is 362 g/mol. The zero-order chi connectivity index (χ0) is 19.5. The standard InChI is InChI=1S/C23H25N5O/c1-2-11-28(12-3-1)13-14-29-23-19-7-6-18(15-17(19)8-10-25-23)27-22-20-5-4-9-24-21(20)16-26-22/h4-10,15H,1-3,11-14,16H2,(H,26,27). The maximum absolute atomic E-state index is 6.04. The summed E-state index contributed by atoms with van der Waals surface area (Å²) >= 11 is 0. The molecule has 3 aromatic rings. The lowest BCUT2D eigenvalue weighted by Gasteiger charge is -2.26. The summed E-state index contributed by atoms with van der Waals surface area (Å²) in [6, 6.07) is 12.3. The molecule has 1 fully saturated rings. The van der Waals surface area contributed by atoms with Gasteiger partial charge in [-0.25, -0.2) is 4.98 Å². The van der Waals surface area contributed by atoms with E-state index < -0.39 is 0 Å². The number of likely N-dealkylation sites (tertiary alicyclic amines) is 1. The Morgan fingerprint density at radius 2 is 1.93 bits per heavy atom. The first kappa shape index (κ1) is 18.1. The number of fused-ring (bicyclic) bond motifs is 2. The summed E-state index contributed by atoms with van der Waals surface area (Å²) in [6.07, 6.45) is 7.58. The van der Waals surface area contributed by atoms with E-state index in [-0.39, 0.29) is 0 Å². The van der Waals surface area contributed by atoms with Crippen molar-refractivity contribution < 1.29 is 4.74 Å². The van der Waals surface area contributed by atoms with Crippen molar-refractivity contribution in [3.63, 3.8) is 0 Å². The van der Waals surface area contributed by atoms with Crippen molar-refractivity contribution in [2.24, 2.45) is 4.99 Å². The Balaban J connectivity index is 1.29. The van der Waals surface area contributed by atoms with Crippen LogP contribution in [0.1, 0.15) is 30.5 Å². The number of benzene rings is 1. The third kappa shape index (κ3) is 3.93. The van der Waals surface area contributed by atoms with Gasteiger partial charge in [0, 0.05) is 35.6 Å². The molecule has 0 atom stereocenters. The zero-order valence-electron chi connectivity index (χ0n) is 16.5. The predicted molar refractivity (Wildman–Crippen MR) is 116 cm³/mol. The molecule has 0 amide bonds. The molecule has 0 bridgehead atoms. The summed E-state index contributed by atoms with van der Waals surface area (Å²) in [5, 5.41) is 5.57. The number of hydrogen-bond acceptors (Lipinski definition) is 6. The van der Waals surface area contributed by atoms with Crippen LogP contribution in [0.2, 0.25) is 0 Å². The van der Waals surface area contributed by atoms with Gasteiger partial charge in [0.2, 0.25) is 5.88 Å². The molecule has 6 nitrogen and oxygen atoms in total. The van der Waals surface area contributed by atoms with Crippen molar-refractivity contribution in [2.45, 2.75) is 25.8 Å². The molecule has 0 radical (unpaired) electrons. The van der Waals surface area contributed by atoms with E-state index in [0.717, 1.165) is 40.1 Å². The fourth-order valence-corrected chi connectivity index (χ4v) is 4.06. The van der Waals surface area contributed by atoms with Crippen molar-refractivity contribution in [1.82, 2.24) is 14.9 Å². The molecular formula is C23H25N5O. The van der Waals surface area contributed by atoms with Crippen molar-refractivity contribution in [3.8, 4) is 5.88 Å². The topological polar surface area (TPSA) is 62.6 Å². The van der Waals surface area contributed by atoms with E-state index in [4.69, 9.17) is 4.74 Å². The number of aromatic nitrogens is 2. The van der Waals surface area contributed by atoms with Gasteiger partial charge < -0.3 is 10.1 Å². The molecule has 2 aliphatic heterocycles. The van der Waals surface area contributed by atoms with Crippen LogP contribution in [0.15, 0.2) is 53.8 Å². The lowest BCUT2D eigenvalue weighted by Crippen LogP contribution is -2.33. The number of aliphatic imine (C=N–C) groups is 1. The highest BCUT2D eigenvalue weighted by atomic mass is 16.5. The van der Waals surface area contributed by atoms with E-state index in [0.29, 0.717) is 19.0 Å². The van der Waals surface area contributed by atoms with Gasteiger partial charge in [-0.15, -0.1) is 0 Å². The maximum atomic E-state index is 6.04. The van der Waals surface area contributed by atoms with Gasteiger partial charge in [0.25, 0.3) is 0 Å². The second-order valence-electron chi connectivity index (χ2n) is 7.59. The largest absolute Gasteiger partial charge is 0.476 e. The van der Waals surface area contributed by atoms with Crippen LogP contribution in [0.4, 0.5) is 5.69 Å². The van der Waals surface area contributed by atoms with Crippen molar-refractivity contribution in [2.75, 3.05) is 31.6 Å². The summed E-state index contributed by atoms with van der Waals surface area (Å²) < 4.78 is 6.04. The number of nitrogens with zero attached hydrogens (tertiary/aromatic N) is 4. The predicted octanol–water partition coefficient (Wildman–Crippen LogP) is 3.87. The summed E-state index contributed by atoms with van der Waals surface area (Å²) in [4.78, 5) is 15.9. The molecule has 1 N–H and O–H groups in total. The zero-order valence-corrected chi connectivity index (χ0v) is 16.5. The van der Waals surface area contributed by atoms with Crippen LogP contribution in [0.5, 0.6) is 5.88 Å². The SMILES string of the molecule is c1cnc2c(c1)C(Nc1ccc3c(OCCN4CCCCC4)nccc3c1)=NC2. The molecule has 0 aliphatic carbocycles. The lowest BCUT2D eigenvalue weighted by atomic mass is 10.1. The molecule has 5 rings (SSSR count). The van der Waals surface area contributed by atoms with Gasteiger partial charge in [0.15, 0.2) is 0 Å². The molecule has 0 spiro atoms. The Bertz CT molecular complexity index is 1040. The van der Waals surface area contributed by atoms with Gasteiger partial charge in [0.05, 0.1) is 12.2 Å². The Kier molecular flexibility index (Phi) is 5.09. The van der Waals surface area contributed by atoms with E-state index in [1.807, 2.05) is 24.5 Å². The molecule has 2 aliphatic rings. The minimum atomic E-state index is 0.630. The van der Waals surface area contributed by atoms with Crippen LogP contribution >= 0.6 is 0 Å². The molecule has 0 unspecified atom stereocenters. The average Bonchev–Trinajstić information content (AvgIpc) is 3.17. The smallest absolute Gasteiger partial charge is 0.221 e. The molecule has 4 heterocycles.